The first kappa shape index (κ1) is 31.8. The van der Waals surface area contributed by atoms with Crippen molar-refractivity contribution in [3.63, 3.8) is 0 Å². The molecule has 0 fully saturated rings. The largest absolute Gasteiger partial charge is 0.494 e. The standard InChI is InChI=1S/C19H18Cl2N2O3S.C9H12O3S/c20-16-6-5-15(12-17(16)21)27-26-22-9-1-2-10-25-14-4-7-18-13(11-14)3-8-19(24)23-18;1-6-4-7(2)9(8(3)5-6)13(10,11)12/h4-7,9,11-12H,1-3,8,10H2,(H,23,24);4-5H,1-3H3,(H,10,11,12). The van der Waals surface area contributed by atoms with Crippen molar-refractivity contribution in [2.45, 2.75) is 56.2 Å². The maximum Gasteiger partial charge on any atom is 0.295 e. The van der Waals surface area contributed by atoms with Crippen molar-refractivity contribution in [1.29, 1.82) is 0 Å². The molecule has 0 spiro atoms. The van der Waals surface area contributed by atoms with Gasteiger partial charge in [0, 0.05) is 18.3 Å². The lowest BCUT2D eigenvalue weighted by Crippen LogP contribution is -2.18. The van der Waals surface area contributed by atoms with Gasteiger partial charge in [0.05, 0.1) is 26.4 Å². The highest BCUT2D eigenvalue weighted by atomic mass is 35.5. The Kier molecular flexibility index (Phi) is 11.7. The molecule has 4 rings (SSSR count). The minimum atomic E-state index is -4.08. The van der Waals surface area contributed by atoms with E-state index in [4.69, 9.17) is 36.8 Å². The van der Waals surface area contributed by atoms with Gasteiger partial charge in [-0.15, -0.1) is 0 Å². The molecule has 0 radical (unpaired) electrons. The van der Waals surface area contributed by atoms with Gasteiger partial charge in [-0.2, -0.15) is 8.42 Å². The summed E-state index contributed by atoms with van der Waals surface area (Å²) in [4.78, 5) is 12.2. The topological polar surface area (TPSA) is 114 Å². The SMILES string of the molecule is Cc1cc(C)c(S(=O)(=O)O)c(C)c1.O=C1CCc2cc(OCCCC=NOSc3ccc(Cl)c(Cl)c3)ccc2N1. The number of unbranched alkanes of at least 4 members (excludes halogenated alkanes) is 1. The number of carbonyl (C=O) groups is 1. The van der Waals surface area contributed by atoms with Crippen LogP contribution >= 0.6 is 35.2 Å². The molecule has 0 unspecified atom stereocenters. The maximum atomic E-state index is 11.4. The molecule has 0 aromatic heterocycles. The molecule has 2 N–H and O–H groups in total. The molecule has 0 aliphatic carbocycles. The molecule has 0 atom stereocenters. The van der Waals surface area contributed by atoms with E-state index in [-0.39, 0.29) is 10.8 Å². The number of amides is 1. The molecule has 1 aliphatic heterocycles. The van der Waals surface area contributed by atoms with E-state index in [1.165, 1.54) is 0 Å². The van der Waals surface area contributed by atoms with Gasteiger partial charge in [-0.3, -0.25) is 9.35 Å². The minimum Gasteiger partial charge on any atom is -0.494 e. The average molecular weight is 626 g/mol. The summed E-state index contributed by atoms with van der Waals surface area (Å²) in [6.45, 7) is 5.80. The highest BCUT2D eigenvalue weighted by Gasteiger charge is 2.16. The van der Waals surface area contributed by atoms with Crippen LogP contribution in [0.5, 0.6) is 5.75 Å². The summed E-state index contributed by atoms with van der Waals surface area (Å²) in [5.41, 5.74) is 4.14. The van der Waals surface area contributed by atoms with Gasteiger partial charge in [-0.25, -0.2) is 0 Å². The fourth-order valence-electron chi connectivity index (χ4n) is 4.06. The second kappa shape index (κ2) is 14.7. The zero-order chi connectivity index (χ0) is 29.3. The van der Waals surface area contributed by atoms with E-state index in [0.29, 0.717) is 34.2 Å². The fraction of sp³-hybridized carbons (Fsp3) is 0.286. The van der Waals surface area contributed by atoms with Crippen LogP contribution in [-0.2, 0) is 25.6 Å². The van der Waals surface area contributed by atoms with Crippen LogP contribution in [0.4, 0.5) is 5.69 Å². The number of oxime groups is 1. The lowest BCUT2D eigenvalue weighted by atomic mass is 10.0. The van der Waals surface area contributed by atoms with E-state index in [0.717, 1.165) is 58.8 Å². The summed E-state index contributed by atoms with van der Waals surface area (Å²) < 4.78 is 41.7. The van der Waals surface area contributed by atoms with Gasteiger partial charge in [-0.1, -0.05) is 46.1 Å². The van der Waals surface area contributed by atoms with Gasteiger partial charge >= 0.3 is 0 Å². The zero-order valence-corrected chi connectivity index (χ0v) is 25.4. The van der Waals surface area contributed by atoms with Gasteiger partial charge in [0.25, 0.3) is 10.1 Å². The molecule has 40 heavy (non-hydrogen) atoms. The van der Waals surface area contributed by atoms with E-state index in [1.807, 2.05) is 31.2 Å². The van der Waals surface area contributed by atoms with Crippen molar-refractivity contribution in [2.75, 3.05) is 11.9 Å². The Morgan fingerprint density at radius 2 is 1.75 bits per heavy atom. The summed E-state index contributed by atoms with van der Waals surface area (Å²) in [6.07, 6.45) is 4.53. The molecule has 3 aromatic carbocycles. The number of carbonyl (C=O) groups excluding carboxylic acids is 1. The third-order valence-electron chi connectivity index (χ3n) is 5.72. The Hall–Kier alpha value is -2.76. The number of ether oxygens (including phenoxy) is 1. The quantitative estimate of drug-likeness (QED) is 0.0827. The predicted octanol–water partition coefficient (Wildman–Crippen LogP) is 7.61. The molecule has 0 saturated carbocycles. The van der Waals surface area contributed by atoms with E-state index < -0.39 is 10.1 Å². The van der Waals surface area contributed by atoms with Gasteiger partial charge < -0.3 is 14.3 Å². The van der Waals surface area contributed by atoms with Crippen LogP contribution in [0, 0.1) is 20.8 Å². The molecule has 3 aromatic rings. The average Bonchev–Trinajstić information content (AvgIpc) is 2.86. The van der Waals surface area contributed by atoms with Crippen LogP contribution in [0.3, 0.4) is 0 Å². The zero-order valence-electron chi connectivity index (χ0n) is 22.2. The van der Waals surface area contributed by atoms with Crippen LogP contribution in [-0.4, -0.2) is 31.7 Å². The Morgan fingerprint density at radius 1 is 1.02 bits per heavy atom. The Morgan fingerprint density at radius 3 is 2.42 bits per heavy atom. The number of benzene rings is 3. The maximum absolute atomic E-state index is 11.4. The minimum absolute atomic E-state index is 0.0260. The van der Waals surface area contributed by atoms with Crippen LogP contribution in [0.1, 0.15) is 41.5 Å². The van der Waals surface area contributed by atoms with Gasteiger partial charge in [0.15, 0.2) is 0 Å². The van der Waals surface area contributed by atoms with E-state index in [9.17, 15) is 13.2 Å². The summed E-state index contributed by atoms with van der Waals surface area (Å²) >= 11 is 12.9. The third-order valence-corrected chi connectivity index (χ3v) is 8.23. The number of aryl methyl sites for hydroxylation is 4. The van der Waals surface area contributed by atoms with E-state index in [1.54, 1.807) is 44.3 Å². The van der Waals surface area contributed by atoms with Gasteiger partial charge in [-0.05, 0) is 93.1 Å². The summed E-state index contributed by atoms with van der Waals surface area (Å²) in [5.74, 6) is 0.878. The fourth-order valence-corrected chi connectivity index (χ4v) is 5.84. The smallest absolute Gasteiger partial charge is 0.295 e. The number of rotatable bonds is 9. The van der Waals surface area contributed by atoms with Crippen molar-refractivity contribution in [3.8, 4) is 5.75 Å². The monoisotopic (exact) mass is 624 g/mol. The highest BCUT2D eigenvalue weighted by Crippen LogP contribution is 2.29. The number of halogens is 2. The summed E-state index contributed by atoms with van der Waals surface area (Å²) in [6, 6.07) is 14.5. The first-order valence-corrected chi connectivity index (χ1v) is 15.3. The van der Waals surface area contributed by atoms with Crippen LogP contribution in [0.25, 0.3) is 0 Å². The lowest BCUT2D eigenvalue weighted by molar-refractivity contribution is -0.116. The molecule has 214 valence electrons. The summed E-state index contributed by atoms with van der Waals surface area (Å²) in [7, 11) is -4.08. The van der Waals surface area contributed by atoms with Crippen molar-refractivity contribution in [2.24, 2.45) is 5.16 Å². The Labute approximate surface area is 249 Å². The first-order chi connectivity index (χ1) is 18.9. The molecule has 1 heterocycles. The van der Waals surface area contributed by atoms with Crippen molar-refractivity contribution in [3.05, 3.63) is 80.8 Å². The van der Waals surface area contributed by atoms with Crippen molar-refractivity contribution in [1.82, 2.24) is 0 Å². The first-order valence-electron chi connectivity index (χ1n) is 12.4. The number of hydrogen-bond acceptors (Lipinski definition) is 7. The number of anilines is 1. The number of fused-ring (bicyclic) bond motifs is 1. The van der Waals surface area contributed by atoms with Crippen LogP contribution in [0.2, 0.25) is 10.0 Å². The van der Waals surface area contributed by atoms with Crippen LogP contribution < -0.4 is 10.1 Å². The molecular formula is C28H30Cl2N2O6S2. The lowest BCUT2D eigenvalue weighted by Gasteiger charge is -2.17. The second-order valence-electron chi connectivity index (χ2n) is 9.08. The molecule has 8 nitrogen and oxygen atoms in total. The second-order valence-corrected chi connectivity index (χ2v) is 12.0. The highest BCUT2D eigenvalue weighted by molar-refractivity contribution is 7.94. The normalized spacial score (nSPS) is 12.8. The van der Waals surface area contributed by atoms with Crippen molar-refractivity contribution >= 4 is 63.2 Å². The van der Waals surface area contributed by atoms with Gasteiger partial charge in [0.1, 0.15) is 17.8 Å². The third kappa shape index (κ3) is 9.71. The molecule has 0 saturated heterocycles. The number of hydrogen-bond donors (Lipinski definition) is 2. The number of nitrogens with one attached hydrogen (secondary N) is 1. The van der Waals surface area contributed by atoms with E-state index >= 15 is 0 Å². The molecule has 1 aliphatic rings. The van der Waals surface area contributed by atoms with Crippen LogP contribution in [0.15, 0.2) is 63.5 Å². The molecule has 1 amide bonds. The molecule has 12 heteroatoms. The molecule has 0 bridgehead atoms. The number of nitrogens with zero attached hydrogens (tertiary/aromatic N) is 1. The van der Waals surface area contributed by atoms with Gasteiger partial charge in [0.2, 0.25) is 5.91 Å². The summed E-state index contributed by atoms with van der Waals surface area (Å²) in [5, 5.41) is 7.74. The molecular weight excluding hydrogens is 595 g/mol. The van der Waals surface area contributed by atoms with E-state index in [2.05, 4.69) is 10.5 Å². The van der Waals surface area contributed by atoms with Crippen molar-refractivity contribution < 1.29 is 26.8 Å². The predicted molar refractivity (Wildman–Crippen MR) is 160 cm³/mol. The Bertz CT molecular complexity index is 1470. The Balaban J connectivity index is 0.000000285.